The van der Waals surface area contributed by atoms with E-state index in [0.717, 1.165) is 10.5 Å². The second-order valence-corrected chi connectivity index (χ2v) is 6.71. The highest BCUT2D eigenvalue weighted by Gasteiger charge is 2.31. The molecule has 3 nitrogen and oxygen atoms in total. The van der Waals surface area contributed by atoms with Crippen molar-refractivity contribution in [1.82, 2.24) is 4.90 Å². The van der Waals surface area contributed by atoms with Crippen molar-refractivity contribution in [3.63, 3.8) is 0 Å². The summed E-state index contributed by atoms with van der Waals surface area (Å²) in [6.07, 6.45) is 6.77. The second kappa shape index (κ2) is 5.85. The molecular weight excluding hydrogens is 270 g/mol. The molecule has 0 bridgehead atoms. The summed E-state index contributed by atoms with van der Waals surface area (Å²) in [5.74, 6) is 0.409. The van der Waals surface area contributed by atoms with Crippen molar-refractivity contribution in [3.05, 3.63) is 54.1 Å². The Kier molecular flexibility index (Phi) is 4.35. The van der Waals surface area contributed by atoms with Gasteiger partial charge in [0.15, 0.2) is 5.78 Å². The first kappa shape index (κ1) is 14.9. The molecular formula is C16H19NO2S. The summed E-state index contributed by atoms with van der Waals surface area (Å²) in [5.41, 5.74) is 0.681. The van der Waals surface area contributed by atoms with Gasteiger partial charge in [-0.3, -0.25) is 13.9 Å². The lowest BCUT2D eigenvalue weighted by atomic mass is 9.94. The van der Waals surface area contributed by atoms with E-state index in [1.807, 2.05) is 62.3 Å². The number of ketones is 1. The zero-order valence-corrected chi connectivity index (χ0v) is 12.8. The number of allylic oxidation sites excluding steroid dienone is 2. The molecule has 1 unspecified atom stereocenters. The Labute approximate surface area is 122 Å². The van der Waals surface area contributed by atoms with Crippen molar-refractivity contribution in [3.8, 4) is 0 Å². The lowest BCUT2D eigenvalue weighted by Gasteiger charge is -2.35. The van der Waals surface area contributed by atoms with Gasteiger partial charge in [0, 0.05) is 4.90 Å². The van der Waals surface area contributed by atoms with E-state index in [-0.39, 0.29) is 5.78 Å². The average molecular weight is 289 g/mol. The number of carbonyl (C=O) groups is 1. The molecule has 106 valence electrons. The Morgan fingerprint density at radius 1 is 1.10 bits per heavy atom. The zero-order chi connectivity index (χ0) is 14.8. The Morgan fingerprint density at radius 2 is 1.65 bits per heavy atom. The molecule has 0 heterocycles. The Balaban J connectivity index is 2.23. The average Bonchev–Trinajstić information content (AvgIpc) is 2.42. The van der Waals surface area contributed by atoms with Gasteiger partial charge in [-0.15, -0.1) is 0 Å². The van der Waals surface area contributed by atoms with E-state index >= 15 is 0 Å². The van der Waals surface area contributed by atoms with Crippen LogP contribution in [0.2, 0.25) is 0 Å². The molecule has 0 saturated carbocycles. The predicted octanol–water partition coefficient (Wildman–Crippen LogP) is 2.10. The number of likely N-dealkylation sites (N-methyl/N-ethyl adjacent to an activating group) is 1. The summed E-state index contributed by atoms with van der Waals surface area (Å²) in [7, 11) is 2.74. The number of nitrogens with zero attached hydrogens (tertiary/aromatic N) is 1. The summed E-state index contributed by atoms with van der Waals surface area (Å²) >= 11 is 0. The van der Waals surface area contributed by atoms with E-state index in [9.17, 15) is 9.00 Å². The molecule has 0 saturated heterocycles. The molecule has 2 rings (SSSR count). The van der Waals surface area contributed by atoms with Gasteiger partial charge in [0.05, 0.1) is 22.1 Å². The largest absolute Gasteiger partial charge is 0.296 e. The number of hydrogen-bond donors (Lipinski definition) is 0. The SMILES string of the molecule is Cc1ccc(S(=O)CC2(N(C)C)C=CC(=O)C=C2)cc1. The van der Waals surface area contributed by atoms with Gasteiger partial charge < -0.3 is 0 Å². The summed E-state index contributed by atoms with van der Waals surface area (Å²) in [5, 5.41) is 0. The minimum atomic E-state index is -1.12. The molecule has 0 fully saturated rings. The molecule has 0 N–H and O–H groups in total. The van der Waals surface area contributed by atoms with Crippen molar-refractivity contribution >= 4 is 16.6 Å². The Bertz CT molecular complexity index is 569. The van der Waals surface area contributed by atoms with Crippen LogP contribution in [0.25, 0.3) is 0 Å². The van der Waals surface area contributed by atoms with E-state index in [0.29, 0.717) is 5.75 Å². The molecule has 1 aromatic carbocycles. The van der Waals surface area contributed by atoms with Crippen molar-refractivity contribution < 1.29 is 9.00 Å². The van der Waals surface area contributed by atoms with Gasteiger partial charge in [-0.1, -0.05) is 29.8 Å². The van der Waals surface area contributed by atoms with Crippen molar-refractivity contribution in [2.24, 2.45) is 0 Å². The van der Waals surface area contributed by atoms with Gasteiger partial charge in [-0.2, -0.15) is 0 Å². The molecule has 0 spiro atoms. The monoisotopic (exact) mass is 289 g/mol. The van der Waals surface area contributed by atoms with Crippen LogP contribution in [0.5, 0.6) is 0 Å². The Morgan fingerprint density at radius 3 is 2.15 bits per heavy atom. The van der Waals surface area contributed by atoms with E-state index in [2.05, 4.69) is 0 Å². The maximum atomic E-state index is 12.5. The minimum absolute atomic E-state index is 0.0245. The van der Waals surface area contributed by atoms with Crippen LogP contribution in [-0.2, 0) is 15.6 Å². The van der Waals surface area contributed by atoms with Crippen molar-refractivity contribution in [2.45, 2.75) is 17.4 Å². The zero-order valence-electron chi connectivity index (χ0n) is 12.0. The van der Waals surface area contributed by atoms with Crippen LogP contribution < -0.4 is 0 Å². The highest BCUT2D eigenvalue weighted by Crippen LogP contribution is 2.23. The van der Waals surface area contributed by atoms with Crippen LogP contribution >= 0.6 is 0 Å². The van der Waals surface area contributed by atoms with Crippen LogP contribution in [0.15, 0.2) is 53.5 Å². The molecule has 1 atom stereocenters. The number of rotatable bonds is 4. The number of benzene rings is 1. The maximum Gasteiger partial charge on any atom is 0.178 e. The fourth-order valence-corrected chi connectivity index (χ4v) is 3.55. The van der Waals surface area contributed by atoms with E-state index in [4.69, 9.17) is 0 Å². The minimum Gasteiger partial charge on any atom is -0.296 e. The molecule has 20 heavy (non-hydrogen) atoms. The van der Waals surface area contributed by atoms with E-state index in [1.165, 1.54) is 0 Å². The third kappa shape index (κ3) is 3.14. The first-order valence-corrected chi connectivity index (χ1v) is 7.80. The quantitative estimate of drug-likeness (QED) is 0.852. The Hall–Kier alpha value is -1.52. The molecule has 0 aliphatic heterocycles. The third-order valence-corrected chi connectivity index (χ3v) is 5.07. The first-order valence-electron chi connectivity index (χ1n) is 6.48. The van der Waals surface area contributed by atoms with Crippen LogP contribution in [0.3, 0.4) is 0 Å². The van der Waals surface area contributed by atoms with Crippen LogP contribution in [0.1, 0.15) is 5.56 Å². The van der Waals surface area contributed by atoms with Crippen LogP contribution in [-0.4, -0.2) is 40.3 Å². The highest BCUT2D eigenvalue weighted by atomic mass is 32.2. The topological polar surface area (TPSA) is 37.4 Å². The van der Waals surface area contributed by atoms with Gasteiger partial charge in [0.2, 0.25) is 0 Å². The highest BCUT2D eigenvalue weighted by molar-refractivity contribution is 7.85. The standard InChI is InChI=1S/C16H19NO2S/c1-13-4-6-15(7-5-13)20(19)12-16(17(2)3)10-8-14(18)9-11-16/h4-11H,12H2,1-3H3. The predicted molar refractivity (Wildman–Crippen MR) is 82.2 cm³/mol. The summed E-state index contributed by atoms with van der Waals surface area (Å²) < 4.78 is 12.5. The molecule has 0 amide bonds. The third-order valence-electron chi connectivity index (χ3n) is 3.55. The van der Waals surface area contributed by atoms with Gasteiger partial charge >= 0.3 is 0 Å². The maximum absolute atomic E-state index is 12.5. The lowest BCUT2D eigenvalue weighted by Crippen LogP contribution is -2.46. The molecule has 0 radical (unpaired) electrons. The lowest BCUT2D eigenvalue weighted by molar-refractivity contribution is -0.110. The first-order chi connectivity index (χ1) is 9.43. The molecule has 4 heteroatoms. The number of hydrogen-bond acceptors (Lipinski definition) is 3. The van der Waals surface area contributed by atoms with Crippen molar-refractivity contribution in [2.75, 3.05) is 19.8 Å². The summed E-state index contributed by atoms with van der Waals surface area (Å²) in [4.78, 5) is 14.1. The number of aryl methyl sites for hydroxylation is 1. The number of carbonyl (C=O) groups excluding carboxylic acids is 1. The van der Waals surface area contributed by atoms with Crippen molar-refractivity contribution in [1.29, 1.82) is 0 Å². The van der Waals surface area contributed by atoms with E-state index in [1.54, 1.807) is 12.2 Å². The van der Waals surface area contributed by atoms with Crippen LogP contribution in [0, 0.1) is 6.92 Å². The smallest absolute Gasteiger partial charge is 0.178 e. The molecule has 1 aliphatic carbocycles. The molecule has 1 aromatic rings. The van der Waals surface area contributed by atoms with Gasteiger partial charge in [-0.25, -0.2) is 0 Å². The van der Waals surface area contributed by atoms with Gasteiger partial charge in [0.1, 0.15) is 0 Å². The summed E-state index contributed by atoms with van der Waals surface area (Å²) in [6.45, 7) is 2.01. The molecule has 0 aromatic heterocycles. The molecule has 1 aliphatic rings. The fourth-order valence-electron chi connectivity index (χ4n) is 2.07. The normalized spacial score (nSPS) is 18.5. The fraction of sp³-hybridized carbons (Fsp3) is 0.312. The van der Waals surface area contributed by atoms with Crippen LogP contribution in [0.4, 0.5) is 0 Å². The van der Waals surface area contributed by atoms with Gasteiger partial charge in [0.25, 0.3) is 0 Å². The van der Waals surface area contributed by atoms with E-state index < -0.39 is 16.3 Å². The second-order valence-electron chi connectivity index (χ2n) is 5.26. The summed E-state index contributed by atoms with van der Waals surface area (Å²) in [6, 6.07) is 7.73. The van der Waals surface area contributed by atoms with Gasteiger partial charge in [-0.05, 0) is 45.3 Å².